The van der Waals surface area contributed by atoms with Gasteiger partial charge in [-0.2, -0.15) is 0 Å². The Morgan fingerprint density at radius 2 is 1.45 bits per heavy atom. The predicted molar refractivity (Wildman–Crippen MR) is 76.7 cm³/mol. The zero-order valence-electron chi connectivity index (χ0n) is 16.1. The Balaban J connectivity index is -0.000000301. The minimum absolute atomic E-state index is 0. The van der Waals surface area contributed by atoms with Gasteiger partial charge in [0.2, 0.25) is 5.91 Å². The molecule has 1 amide bonds. The molecule has 0 rings (SSSR count). The first-order valence-corrected chi connectivity index (χ1v) is 7.21. The van der Waals surface area contributed by atoms with E-state index in [4.69, 9.17) is 10.2 Å². The SMILES string of the molecule is CCCCCCCCCC(=O)N[C@@H](CC(=O)O)C(=O)O.[H-].[H-].[Na+].[Na+]. The Morgan fingerprint density at radius 3 is 1.91 bits per heavy atom. The minimum atomic E-state index is -1.34. The predicted octanol–water partition coefficient (Wildman–Crippen LogP) is -3.60. The topological polar surface area (TPSA) is 104 Å². The summed E-state index contributed by atoms with van der Waals surface area (Å²) in [6, 6.07) is -1.34. The van der Waals surface area contributed by atoms with Gasteiger partial charge in [0.25, 0.3) is 0 Å². The maximum Gasteiger partial charge on any atom is 1.00 e. The van der Waals surface area contributed by atoms with Gasteiger partial charge in [0.15, 0.2) is 0 Å². The molecule has 3 N–H and O–H groups in total. The molecule has 0 aliphatic rings. The van der Waals surface area contributed by atoms with Crippen LogP contribution in [-0.2, 0) is 14.4 Å². The Labute approximate surface area is 179 Å². The Kier molecular flexibility index (Phi) is 22.0. The van der Waals surface area contributed by atoms with Crippen molar-refractivity contribution in [1.82, 2.24) is 5.32 Å². The molecule has 22 heavy (non-hydrogen) atoms. The fourth-order valence-electron chi connectivity index (χ4n) is 1.88. The summed E-state index contributed by atoms with van der Waals surface area (Å²) in [6.45, 7) is 2.15. The monoisotopic (exact) mass is 335 g/mol. The molecular formula is C14H27NNa2O5. The van der Waals surface area contributed by atoms with Crippen molar-refractivity contribution in [2.24, 2.45) is 0 Å². The van der Waals surface area contributed by atoms with Gasteiger partial charge in [-0.1, -0.05) is 45.4 Å². The van der Waals surface area contributed by atoms with E-state index in [1.807, 2.05) is 0 Å². The molecular weight excluding hydrogens is 308 g/mol. The van der Waals surface area contributed by atoms with E-state index < -0.39 is 30.3 Å². The fraction of sp³-hybridized carbons (Fsp3) is 0.786. The van der Waals surface area contributed by atoms with Crippen molar-refractivity contribution in [2.75, 3.05) is 0 Å². The Morgan fingerprint density at radius 1 is 0.955 bits per heavy atom. The average molecular weight is 335 g/mol. The van der Waals surface area contributed by atoms with Crippen LogP contribution in [0.25, 0.3) is 0 Å². The molecule has 120 valence electrons. The smallest absolute Gasteiger partial charge is 1.00 e. The number of carbonyl (C=O) groups excluding carboxylic acids is 1. The summed E-state index contributed by atoms with van der Waals surface area (Å²) in [5, 5.41) is 19.6. The van der Waals surface area contributed by atoms with Crippen molar-refractivity contribution in [3.8, 4) is 0 Å². The molecule has 0 saturated heterocycles. The van der Waals surface area contributed by atoms with Crippen molar-refractivity contribution in [3.63, 3.8) is 0 Å². The van der Waals surface area contributed by atoms with Crippen LogP contribution in [0.15, 0.2) is 0 Å². The van der Waals surface area contributed by atoms with Crippen LogP contribution in [0, 0.1) is 0 Å². The third kappa shape index (κ3) is 16.8. The van der Waals surface area contributed by atoms with Crippen LogP contribution in [0.2, 0.25) is 0 Å². The van der Waals surface area contributed by atoms with Crippen LogP contribution >= 0.6 is 0 Å². The molecule has 0 saturated carbocycles. The molecule has 0 aromatic rings. The van der Waals surface area contributed by atoms with E-state index in [0.29, 0.717) is 6.42 Å². The molecule has 0 aliphatic carbocycles. The number of carboxylic acids is 2. The van der Waals surface area contributed by atoms with E-state index in [0.717, 1.165) is 19.3 Å². The van der Waals surface area contributed by atoms with E-state index in [9.17, 15) is 14.4 Å². The first-order valence-electron chi connectivity index (χ1n) is 7.21. The molecule has 8 heteroatoms. The Bertz CT molecular complexity index is 336. The van der Waals surface area contributed by atoms with Crippen molar-refractivity contribution in [3.05, 3.63) is 0 Å². The summed E-state index contributed by atoms with van der Waals surface area (Å²) < 4.78 is 0. The maximum atomic E-state index is 11.5. The number of hydrogen-bond donors (Lipinski definition) is 3. The number of nitrogens with one attached hydrogen (secondary N) is 1. The standard InChI is InChI=1S/C14H25NO5.2Na.2H/c1-2-3-4-5-6-7-8-9-12(16)15-11(14(19)20)10-13(17)18;;;;/h11H,2-10H2,1H3,(H,15,16)(H,17,18)(H,19,20);;;;/q;2*+1;2*-1/t11-;;;;/m0..../s1. The molecule has 0 spiro atoms. The van der Waals surface area contributed by atoms with Crippen LogP contribution in [-0.4, -0.2) is 34.1 Å². The van der Waals surface area contributed by atoms with Gasteiger partial charge in [0, 0.05) is 6.42 Å². The first kappa shape index (κ1) is 27.3. The van der Waals surface area contributed by atoms with E-state index in [1.54, 1.807) is 0 Å². The van der Waals surface area contributed by atoms with Crippen molar-refractivity contribution >= 4 is 17.8 Å². The molecule has 0 fully saturated rings. The third-order valence-electron chi connectivity index (χ3n) is 3.02. The van der Waals surface area contributed by atoms with E-state index in [1.165, 1.54) is 19.3 Å². The van der Waals surface area contributed by atoms with Crippen molar-refractivity contribution in [1.29, 1.82) is 0 Å². The van der Waals surface area contributed by atoms with E-state index in [2.05, 4.69) is 12.2 Å². The molecule has 0 heterocycles. The van der Waals surface area contributed by atoms with Gasteiger partial charge < -0.3 is 18.4 Å². The fourth-order valence-corrected chi connectivity index (χ4v) is 1.88. The molecule has 0 aromatic carbocycles. The number of carboxylic acid groups (broad SMARTS) is 2. The van der Waals surface area contributed by atoms with E-state index >= 15 is 0 Å². The largest absolute Gasteiger partial charge is 1.00 e. The summed E-state index contributed by atoms with van der Waals surface area (Å²) in [5.74, 6) is -2.96. The second-order valence-electron chi connectivity index (χ2n) is 4.93. The number of aliphatic carboxylic acids is 2. The van der Waals surface area contributed by atoms with Gasteiger partial charge >= 0.3 is 71.1 Å². The molecule has 0 radical (unpaired) electrons. The van der Waals surface area contributed by atoms with Gasteiger partial charge in [-0.25, -0.2) is 4.79 Å². The first-order chi connectivity index (χ1) is 9.47. The van der Waals surface area contributed by atoms with Gasteiger partial charge in [0.1, 0.15) is 6.04 Å². The zero-order valence-corrected chi connectivity index (χ0v) is 18.1. The van der Waals surface area contributed by atoms with E-state index in [-0.39, 0.29) is 68.4 Å². The van der Waals surface area contributed by atoms with Gasteiger partial charge in [-0.15, -0.1) is 0 Å². The summed E-state index contributed by atoms with van der Waals surface area (Å²) >= 11 is 0. The quantitative estimate of drug-likeness (QED) is 0.253. The zero-order chi connectivity index (χ0) is 15.4. The minimum Gasteiger partial charge on any atom is -1.00 e. The second kappa shape index (κ2) is 17.8. The molecule has 0 bridgehead atoms. The van der Waals surface area contributed by atoms with Crippen LogP contribution in [0.5, 0.6) is 0 Å². The Hall–Kier alpha value is 0.410. The number of carbonyl (C=O) groups is 3. The number of amides is 1. The maximum absolute atomic E-state index is 11.5. The second-order valence-corrected chi connectivity index (χ2v) is 4.93. The van der Waals surface area contributed by atoms with Crippen molar-refractivity contribution in [2.45, 2.75) is 70.8 Å². The van der Waals surface area contributed by atoms with Crippen LogP contribution in [0.1, 0.15) is 67.6 Å². The summed E-state index contributed by atoms with van der Waals surface area (Å²) in [4.78, 5) is 32.7. The number of unbranched alkanes of at least 4 members (excludes halogenated alkanes) is 6. The molecule has 0 aliphatic heterocycles. The average Bonchev–Trinajstić information content (AvgIpc) is 2.36. The summed E-state index contributed by atoms with van der Waals surface area (Å²) in [7, 11) is 0. The molecule has 0 aromatic heterocycles. The van der Waals surface area contributed by atoms with Crippen LogP contribution in [0.3, 0.4) is 0 Å². The summed E-state index contributed by atoms with van der Waals surface area (Å²) in [5.41, 5.74) is 0. The number of hydrogen-bond acceptors (Lipinski definition) is 3. The normalized spacial score (nSPS) is 10.8. The molecule has 6 nitrogen and oxygen atoms in total. The molecule has 1 atom stereocenters. The summed E-state index contributed by atoms with van der Waals surface area (Å²) in [6.07, 6.45) is 7.17. The van der Waals surface area contributed by atoms with Gasteiger partial charge in [-0.3, -0.25) is 9.59 Å². The van der Waals surface area contributed by atoms with Gasteiger partial charge in [-0.05, 0) is 6.42 Å². The van der Waals surface area contributed by atoms with Crippen molar-refractivity contribution < 1.29 is 86.6 Å². The number of rotatable bonds is 12. The molecule has 0 unspecified atom stereocenters. The van der Waals surface area contributed by atoms with Crippen LogP contribution in [0.4, 0.5) is 0 Å². The third-order valence-corrected chi connectivity index (χ3v) is 3.02. The van der Waals surface area contributed by atoms with Gasteiger partial charge in [0.05, 0.1) is 6.42 Å². The van der Waals surface area contributed by atoms with Crippen LogP contribution < -0.4 is 64.4 Å².